The molecule has 1 aliphatic carbocycles. The molecule has 1 aliphatic rings. The average Bonchev–Trinajstić information content (AvgIpc) is 2.86. The maximum atomic E-state index is 11.1. The molecule has 0 spiro atoms. The van der Waals surface area contributed by atoms with Crippen molar-refractivity contribution in [2.24, 2.45) is 5.92 Å². The molecule has 0 bridgehead atoms. The summed E-state index contributed by atoms with van der Waals surface area (Å²) in [6, 6.07) is 0.236. The third-order valence-corrected chi connectivity index (χ3v) is 2.47. The fourth-order valence-electron chi connectivity index (χ4n) is 1.59. The Labute approximate surface area is 79.8 Å². The van der Waals surface area contributed by atoms with E-state index in [-0.39, 0.29) is 12.0 Å². The van der Waals surface area contributed by atoms with Crippen LogP contribution in [0.15, 0.2) is 0 Å². The van der Waals surface area contributed by atoms with Crippen molar-refractivity contribution in [1.29, 1.82) is 0 Å². The van der Waals surface area contributed by atoms with Crippen molar-refractivity contribution in [2.45, 2.75) is 45.2 Å². The van der Waals surface area contributed by atoms with Crippen LogP contribution in [0.5, 0.6) is 0 Å². The molecule has 0 aliphatic heterocycles. The third kappa shape index (κ3) is 3.77. The summed E-state index contributed by atoms with van der Waals surface area (Å²) in [6.07, 6.45) is 3.90. The molecule has 1 N–H and O–H groups in total. The maximum Gasteiger partial charge on any atom is 0.322 e. The molecule has 2 unspecified atom stereocenters. The van der Waals surface area contributed by atoms with Gasteiger partial charge in [0.25, 0.3) is 0 Å². The Kier molecular flexibility index (Phi) is 3.72. The smallest absolute Gasteiger partial charge is 0.322 e. The fourth-order valence-corrected chi connectivity index (χ4v) is 1.59. The van der Waals surface area contributed by atoms with Gasteiger partial charge in [-0.2, -0.15) is 0 Å². The van der Waals surface area contributed by atoms with Crippen LogP contribution in [0.1, 0.15) is 33.1 Å². The predicted octanol–water partition coefficient (Wildman–Crippen LogP) is 1.33. The van der Waals surface area contributed by atoms with Gasteiger partial charge in [0, 0.05) is 6.04 Å². The van der Waals surface area contributed by atoms with E-state index in [1.165, 1.54) is 26.4 Å². The number of carbonyl (C=O) groups is 1. The van der Waals surface area contributed by atoms with Crippen molar-refractivity contribution in [2.75, 3.05) is 7.11 Å². The minimum Gasteiger partial charge on any atom is -0.468 e. The molecule has 76 valence electrons. The molecule has 3 heteroatoms. The maximum absolute atomic E-state index is 11.1. The highest BCUT2D eigenvalue weighted by Crippen LogP contribution is 2.33. The van der Waals surface area contributed by atoms with E-state index < -0.39 is 0 Å². The molecule has 0 heterocycles. The number of ether oxygens (including phenoxy) is 1. The van der Waals surface area contributed by atoms with Gasteiger partial charge in [-0.3, -0.25) is 4.79 Å². The Morgan fingerprint density at radius 1 is 1.54 bits per heavy atom. The molecule has 0 radical (unpaired) electrons. The summed E-state index contributed by atoms with van der Waals surface area (Å²) in [7, 11) is 1.42. The zero-order valence-corrected chi connectivity index (χ0v) is 8.67. The van der Waals surface area contributed by atoms with E-state index in [2.05, 4.69) is 17.0 Å². The van der Waals surface area contributed by atoms with E-state index in [0.717, 1.165) is 5.92 Å². The first-order valence-corrected chi connectivity index (χ1v) is 4.97. The van der Waals surface area contributed by atoms with E-state index in [4.69, 9.17) is 0 Å². The monoisotopic (exact) mass is 185 g/mol. The zero-order chi connectivity index (χ0) is 9.84. The quantitative estimate of drug-likeness (QED) is 0.657. The van der Waals surface area contributed by atoms with Gasteiger partial charge >= 0.3 is 5.97 Å². The minimum absolute atomic E-state index is 0.178. The summed E-state index contributed by atoms with van der Waals surface area (Å²) in [5.74, 6) is 0.718. The van der Waals surface area contributed by atoms with Crippen molar-refractivity contribution in [1.82, 2.24) is 5.32 Å². The second-order valence-electron chi connectivity index (χ2n) is 3.99. The van der Waals surface area contributed by atoms with E-state index in [0.29, 0.717) is 6.04 Å². The zero-order valence-electron chi connectivity index (χ0n) is 8.67. The first-order chi connectivity index (χ1) is 6.13. The number of rotatable bonds is 5. The van der Waals surface area contributed by atoms with E-state index >= 15 is 0 Å². The largest absolute Gasteiger partial charge is 0.468 e. The minimum atomic E-state index is -0.182. The van der Waals surface area contributed by atoms with Gasteiger partial charge in [-0.25, -0.2) is 0 Å². The highest BCUT2D eigenvalue weighted by molar-refractivity contribution is 5.75. The van der Waals surface area contributed by atoms with Gasteiger partial charge in [-0.1, -0.05) is 12.8 Å². The Morgan fingerprint density at radius 3 is 2.62 bits per heavy atom. The summed E-state index contributed by atoms with van der Waals surface area (Å²) in [6.45, 7) is 3.97. The SMILES string of the molecule is COC(=O)C(C)NC(C)CC1CC1. The lowest BCUT2D eigenvalue weighted by Crippen LogP contribution is -2.40. The molecule has 0 aromatic rings. The number of methoxy groups -OCH3 is 1. The van der Waals surface area contributed by atoms with Gasteiger partial charge in [0.1, 0.15) is 6.04 Å². The van der Waals surface area contributed by atoms with Gasteiger partial charge in [-0.15, -0.1) is 0 Å². The molecule has 0 aromatic heterocycles. The van der Waals surface area contributed by atoms with Crippen LogP contribution in [0.25, 0.3) is 0 Å². The fraction of sp³-hybridized carbons (Fsp3) is 0.900. The molecule has 1 saturated carbocycles. The summed E-state index contributed by atoms with van der Waals surface area (Å²) in [5.41, 5.74) is 0. The first-order valence-electron chi connectivity index (χ1n) is 4.97. The van der Waals surface area contributed by atoms with Gasteiger partial charge in [0.2, 0.25) is 0 Å². The molecule has 0 amide bonds. The van der Waals surface area contributed by atoms with Crippen LogP contribution in [0.2, 0.25) is 0 Å². The van der Waals surface area contributed by atoms with Gasteiger partial charge in [-0.05, 0) is 26.2 Å². The highest BCUT2D eigenvalue weighted by Gasteiger charge is 2.25. The summed E-state index contributed by atoms with van der Waals surface area (Å²) < 4.78 is 4.63. The second kappa shape index (κ2) is 4.61. The molecule has 3 nitrogen and oxygen atoms in total. The molecular formula is C10H19NO2. The van der Waals surface area contributed by atoms with Gasteiger partial charge < -0.3 is 10.1 Å². The van der Waals surface area contributed by atoms with Crippen molar-refractivity contribution >= 4 is 5.97 Å². The number of nitrogens with one attached hydrogen (secondary N) is 1. The van der Waals surface area contributed by atoms with Crippen LogP contribution in [0.3, 0.4) is 0 Å². The lowest BCUT2D eigenvalue weighted by molar-refractivity contribution is -0.142. The Balaban J connectivity index is 2.17. The first kappa shape index (κ1) is 10.5. The van der Waals surface area contributed by atoms with E-state index in [9.17, 15) is 4.79 Å². The van der Waals surface area contributed by atoms with Crippen molar-refractivity contribution < 1.29 is 9.53 Å². The average molecular weight is 185 g/mol. The van der Waals surface area contributed by atoms with Gasteiger partial charge in [0.15, 0.2) is 0 Å². The molecule has 0 saturated heterocycles. The summed E-state index contributed by atoms with van der Waals surface area (Å²) >= 11 is 0. The van der Waals surface area contributed by atoms with E-state index in [1.807, 2.05) is 6.92 Å². The third-order valence-electron chi connectivity index (χ3n) is 2.47. The molecule has 0 aromatic carbocycles. The Hall–Kier alpha value is -0.570. The van der Waals surface area contributed by atoms with Crippen LogP contribution < -0.4 is 5.32 Å². The van der Waals surface area contributed by atoms with E-state index in [1.54, 1.807) is 0 Å². The topological polar surface area (TPSA) is 38.3 Å². The number of hydrogen-bond acceptors (Lipinski definition) is 3. The summed E-state index contributed by atoms with van der Waals surface area (Å²) in [5, 5.41) is 3.23. The van der Waals surface area contributed by atoms with Crippen LogP contribution in [0, 0.1) is 5.92 Å². The van der Waals surface area contributed by atoms with Gasteiger partial charge in [0.05, 0.1) is 7.11 Å². The Morgan fingerprint density at radius 2 is 2.15 bits per heavy atom. The lowest BCUT2D eigenvalue weighted by Gasteiger charge is -2.17. The second-order valence-corrected chi connectivity index (χ2v) is 3.99. The van der Waals surface area contributed by atoms with Crippen LogP contribution in [-0.4, -0.2) is 25.2 Å². The standard InChI is InChI=1S/C10H19NO2/c1-7(6-9-4-5-9)11-8(2)10(12)13-3/h7-9,11H,4-6H2,1-3H3. The molecule has 1 fully saturated rings. The Bertz CT molecular complexity index is 178. The van der Waals surface area contributed by atoms with Crippen LogP contribution in [0.4, 0.5) is 0 Å². The lowest BCUT2D eigenvalue weighted by atomic mass is 10.1. The predicted molar refractivity (Wildman–Crippen MR) is 51.4 cm³/mol. The van der Waals surface area contributed by atoms with Crippen molar-refractivity contribution in [3.05, 3.63) is 0 Å². The van der Waals surface area contributed by atoms with Crippen LogP contribution >= 0.6 is 0 Å². The highest BCUT2D eigenvalue weighted by atomic mass is 16.5. The van der Waals surface area contributed by atoms with Crippen molar-refractivity contribution in [3.8, 4) is 0 Å². The number of esters is 1. The molecule has 2 atom stereocenters. The van der Waals surface area contributed by atoms with Crippen LogP contribution in [-0.2, 0) is 9.53 Å². The normalized spacial score (nSPS) is 20.8. The molecule has 1 rings (SSSR count). The molecular weight excluding hydrogens is 166 g/mol. The summed E-state index contributed by atoms with van der Waals surface area (Å²) in [4.78, 5) is 11.1. The number of hydrogen-bond donors (Lipinski definition) is 1. The van der Waals surface area contributed by atoms with Crippen molar-refractivity contribution in [3.63, 3.8) is 0 Å². The molecule has 13 heavy (non-hydrogen) atoms. The number of carbonyl (C=O) groups excluding carboxylic acids is 1.